The molecule has 0 unspecified atom stereocenters. The predicted molar refractivity (Wildman–Crippen MR) is 96.4 cm³/mol. The first kappa shape index (κ1) is 16.6. The van der Waals surface area contributed by atoms with Crippen LogP contribution in [0.15, 0.2) is 40.5 Å². The number of thiophene rings is 1. The summed E-state index contributed by atoms with van der Waals surface area (Å²) in [5, 5.41) is 9.86. The molecule has 0 saturated heterocycles. The third-order valence-corrected chi connectivity index (χ3v) is 4.89. The number of rotatable bonds is 7. The van der Waals surface area contributed by atoms with Crippen LogP contribution in [-0.2, 0) is 17.8 Å². The van der Waals surface area contributed by atoms with Gasteiger partial charge in [-0.15, -0.1) is 11.3 Å². The molecule has 5 nitrogen and oxygen atoms in total. The Bertz CT molecular complexity index is 800. The molecule has 7 heteroatoms. The highest BCUT2D eigenvalue weighted by Gasteiger charge is 2.11. The van der Waals surface area contributed by atoms with Crippen LogP contribution < -0.4 is 10.1 Å². The van der Waals surface area contributed by atoms with Gasteiger partial charge < -0.3 is 10.1 Å². The lowest BCUT2D eigenvalue weighted by atomic mass is 10.2. The first-order valence-corrected chi connectivity index (χ1v) is 9.39. The van der Waals surface area contributed by atoms with Crippen LogP contribution in [0.5, 0.6) is 5.88 Å². The van der Waals surface area contributed by atoms with E-state index in [0.717, 1.165) is 21.8 Å². The standard InChI is InChI=1S/C17H17N3O2S2/c1-2-22-16-12(4-3-6-18-16)9-19-15(21)8-14-11-24-17(20-14)13-5-7-23-10-13/h3-7,10-11H,2,8-9H2,1H3,(H,19,21). The van der Waals surface area contributed by atoms with Crippen molar-refractivity contribution in [2.24, 2.45) is 0 Å². The average Bonchev–Trinajstić information content (AvgIpc) is 3.25. The summed E-state index contributed by atoms with van der Waals surface area (Å²) in [7, 11) is 0. The summed E-state index contributed by atoms with van der Waals surface area (Å²) >= 11 is 3.20. The van der Waals surface area contributed by atoms with Gasteiger partial charge in [0.25, 0.3) is 0 Å². The third kappa shape index (κ3) is 4.18. The van der Waals surface area contributed by atoms with E-state index >= 15 is 0 Å². The number of thiazole rings is 1. The van der Waals surface area contributed by atoms with Crippen molar-refractivity contribution in [3.63, 3.8) is 0 Å². The van der Waals surface area contributed by atoms with Crippen molar-refractivity contribution < 1.29 is 9.53 Å². The van der Waals surface area contributed by atoms with E-state index in [-0.39, 0.29) is 12.3 Å². The van der Waals surface area contributed by atoms with E-state index in [2.05, 4.69) is 20.7 Å². The number of carbonyl (C=O) groups is 1. The van der Waals surface area contributed by atoms with E-state index in [9.17, 15) is 4.79 Å². The number of amides is 1. The molecule has 0 aliphatic carbocycles. The van der Waals surface area contributed by atoms with Crippen LogP contribution in [0.4, 0.5) is 0 Å². The molecule has 0 radical (unpaired) electrons. The summed E-state index contributed by atoms with van der Waals surface area (Å²) in [6.07, 6.45) is 1.95. The number of hydrogen-bond acceptors (Lipinski definition) is 6. The second kappa shape index (κ2) is 8.03. The Morgan fingerprint density at radius 2 is 2.25 bits per heavy atom. The minimum absolute atomic E-state index is 0.0662. The minimum Gasteiger partial charge on any atom is -0.478 e. The summed E-state index contributed by atoms with van der Waals surface area (Å²) in [6.45, 7) is 2.84. The van der Waals surface area contributed by atoms with Crippen molar-refractivity contribution in [1.82, 2.24) is 15.3 Å². The summed E-state index contributed by atoms with van der Waals surface area (Å²) in [5.41, 5.74) is 2.76. The fourth-order valence-electron chi connectivity index (χ4n) is 2.15. The molecule has 1 N–H and O–H groups in total. The maximum atomic E-state index is 12.1. The lowest BCUT2D eigenvalue weighted by molar-refractivity contribution is -0.120. The minimum atomic E-state index is -0.0662. The highest BCUT2D eigenvalue weighted by Crippen LogP contribution is 2.25. The second-order valence-electron chi connectivity index (χ2n) is 5.01. The predicted octanol–water partition coefficient (Wildman–Crippen LogP) is 3.52. The zero-order chi connectivity index (χ0) is 16.8. The summed E-state index contributed by atoms with van der Waals surface area (Å²) in [6, 6.07) is 5.76. The lowest BCUT2D eigenvalue weighted by Crippen LogP contribution is -2.25. The van der Waals surface area contributed by atoms with E-state index in [0.29, 0.717) is 19.0 Å². The molecule has 3 rings (SSSR count). The van der Waals surface area contributed by atoms with Gasteiger partial charge in [0.05, 0.1) is 18.7 Å². The van der Waals surface area contributed by atoms with Gasteiger partial charge >= 0.3 is 0 Å². The Labute approximate surface area is 148 Å². The van der Waals surface area contributed by atoms with Gasteiger partial charge in [0.15, 0.2) is 0 Å². The number of hydrogen-bond donors (Lipinski definition) is 1. The summed E-state index contributed by atoms with van der Waals surface area (Å²) < 4.78 is 5.46. The van der Waals surface area contributed by atoms with Crippen molar-refractivity contribution >= 4 is 28.6 Å². The molecule has 0 bridgehead atoms. The molecule has 0 saturated carbocycles. The number of nitrogens with one attached hydrogen (secondary N) is 1. The number of nitrogens with zero attached hydrogens (tertiary/aromatic N) is 2. The first-order valence-electron chi connectivity index (χ1n) is 7.56. The van der Waals surface area contributed by atoms with Crippen LogP contribution in [-0.4, -0.2) is 22.5 Å². The maximum absolute atomic E-state index is 12.1. The van der Waals surface area contributed by atoms with Crippen molar-refractivity contribution in [1.29, 1.82) is 0 Å². The smallest absolute Gasteiger partial charge is 0.226 e. The van der Waals surface area contributed by atoms with E-state index in [4.69, 9.17) is 4.74 Å². The Morgan fingerprint density at radius 3 is 3.04 bits per heavy atom. The zero-order valence-corrected chi connectivity index (χ0v) is 14.8. The molecule has 3 aromatic heterocycles. The molecule has 1 amide bonds. The molecule has 0 atom stereocenters. The molecule has 124 valence electrons. The number of carbonyl (C=O) groups excluding carboxylic acids is 1. The number of aromatic nitrogens is 2. The molecule has 24 heavy (non-hydrogen) atoms. The van der Waals surface area contributed by atoms with Crippen molar-refractivity contribution in [2.75, 3.05) is 6.61 Å². The van der Waals surface area contributed by atoms with Crippen LogP contribution >= 0.6 is 22.7 Å². The molecule has 0 spiro atoms. The normalized spacial score (nSPS) is 10.5. The van der Waals surface area contributed by atoms with Gasteiger partial charge in [0.1, 0.15) is 5.01 Å². The van der Waals surface area contributed by atoms with Crippen LogP contribution in [0.25, 0.3) is 10.6 Å². The fourth-order valence-corrected chi connectivity index (χ4v) is 3.68. The number of ether oxygens (including phenoxy) is 1. The van der Waals surface area contributed by atoms with Gasteiger partial charge in [-0.05, 0) is 24.4 Å². The quantitative estimate of drug-likeness (QED) is 0.701. The van der Waals surface area contributed by atoms with Gasteiger partial charge in [-0.1, -0.05) is 6.07 Å². The average molecular weight is 359 g/mol. The Hall–Kier alpha value is -2.25. The summed E-state index contributed by atoms with van der Waals surface area (Å²) in [5.74, 6) is 0.497. The second-order valence-corrected chi connectivity index (χ2v) is 6.65. The molecule has 0 aliphatic heterocycles. The topological polar surface area (TPSA) is 64.1 Å². The Morgan fingerprint density at radius 1 is 1.33 bits per heavy atom. The van der Waals surface area contributed by atoms with Crippen LogP contribution in [0.2, 0.25) is 0 Å². The van der Waals surface area contributed by atoms with E-state index in [1.807, 2.05) is 35.9 Å². The van der Waals surface area contributed by atoms with Gasteiger partial charge in [0.2, 0.25) is 11.8 Å². The van der Waals surface area contributed by atoms with Gasteiger partial charge in [0, 0.05) is 34.6 Å². The van der Waals surface area contributed by atoms with Crippen molar-refractivity contribution in [3.05, 3.63) is 51.8 Å². The van der Waals surface area contributed by atoms with Crippen molar-refractivity contribution in [3.8, 4) is 16.5 Å². The largest absolute Gasteiger partial charge is 0.478 e. The fraction of sp³-hybridized carbons (Fsp3) is 0.235. The monoisotopic (exact) mass is 359 g/mol. The first-order chi connectivity index (χ1) is 11.8. The molecular formula is C17H17N3O2S2. The highest BCUT2D eigenvalue weighted by molar-refractivity contribution is 7.14. The van der Waals surface area contributed by atoms with Gasteiger partial charge in [-0.25, -0.2) is 9.97 Å². The maximum Gasteiger partial charge on any atom is 0.226 e. The van der Waals surface area contributed by atoms with Crippen LogP contribution in [0.3, 0.4) is 0 Å². The molecule has 3 aromatic rings. The molecule has 0 aliphatic rings. The molecule has 0 aromatic carbocycles. The van der Waals surface area contributed by atoms with Crippen LogP contribution in [0.1, 0.15) is 18.2 Å². The Kier molecular flexibility index (Phi) is 5.55. The zero-order valence-electron chi connectivity index (χ0n) is 13.2. The van der Waals surface area contributed by atoms with E-state index in [1.165, 1.54) is 0 Å². The van der Waals surface area contributed by atoms with E-state index < -0.39 is 0 Å². The van der Waals surface area contributed by atoms with Crippen LogP contribution in [0, 0.1) is 0 Å². The van der Waals surface area contributed by atoms with Gasteiger partial charge in [-0.3, -0.25) is 4.79 Å². The third-order valence-electron chi connectivity index (χ3n) is 3.27. The molecule has 0 fully saturated rings. The number of pyridine rings is 1. The SMILES string of the molecule is CCOc1ncccc1CNC(=O)Cc1csc(-c2ccsc2)n1. The molecule has 3 heterocycles. The Balaban J connectivity index is 1.57. The van der Waals surface area contributed by atoms with Gasteiger partial charge in [-0.2, -0.15) is 11.3 Å². The molecular weight excluding hydrogens is 342 g/mol. The van der Waals surface area contributed by atoms with Crippen molar-refractivity contribution in [2.45, 2.75) is 19.9 Å². The lowest BCUT2D eigenvalue weighted by Gasteiger charge is -2.09. The van der Waals surface area contributed by atoms with E-state index in [1.54, 1.807) is 28.9 Å². The summed E-state index contributed by atoms with van der Waals surface area (Å²) in [4.78, 5) is 20.8. The highest BCUT2D eigenvalue weighted by atomic mass is 32.1.